The van der Waals surface area contributed by atoms with E-state index in [-0.39, 0.29) is 23.4 Å². The summed E-state index contributed by atoms with van der Waals surface area (Å²) in [5.41, 5.74) is 0.672. The zero-order valence-electron chi connectivity index (χ0n) is 10.7. The number of benzene rings is 1. The molecule has 20 heavy (non-hydrogen) atoms. The number of fused-ring (bicyclic) bond motifs is 2. The summed E-state index contributed by atoms with van der Waals surface area (Å²) < 4.78 is 0.638. The van der Waals surface area contributed by atoms with Gasteiger partial charge in [0.15, 0.2) is 0 Å². The first-order chi connectivity index (χ1) is 9.52. The number of halogens is 1. The van der Waals surface area contributed by atoms with Crippen molar-refractivity contribution in [1.29, 1.82) is 0 Å². The smallest absolute Gasteiger partial charge is 0.335 e. The van der Waals surface area contributed by atoms with Crippen LogP contribution in [0.1, 0.15) is 29.6 Å². The molecule has 106 valence electrons. The van der Waals surface area contributed by atoms with Gasteiger partial charge in [-0.15, -0.1) is 0 Å². The van der Waals surface area contributed by atoms with Gasteiger partial charge in [0.2, 0.25) is 5.91 Å². The number of nitrogens with one attached hydrogen (secondary N) is 2. The highest BCUT2D eigenvalue weighted by Gasteiger charge is 2.42. The maximum Gasteiger partial charge on any atom is 0.335 e. The average Bonchev–Trinajstić information content (AvgIpc) is 3.00. The minimum absolute atomic E-state index is 0.0130. The maximum atomic E-state index is 12.3. The lowest BCUT2D eigenvalue weighted by atomic mass is 9.88. The van der Waals surface area contributed by atoms with Crippen LogP contribution in [0.15, 0.2) is 22.7 Å². The van der Waals surface area contributed by atoms with E-state index in [1.54, 1.807) is 6.07 Å². The van der Waals surface area contributed by atoms with Crippen molar-refractivity contribution in [3.8, 4) is 0 Å². The molecule has 6 heteroatoms. The predicted octanol–water partition coefficient (Wildman–Crippen LogP) is 2.23. The largest absolute Gasteiger partial charge is 0.478 e. The molecular formula is C14H15BrN2O3. The topological polar surface area (TPSA) is 78.4 Å². The first-order valence-electron chi connectivity index (χ1n) is 6.64. The van der Waals surface area contributed by atoms with Crippen LogP contribution in [0, 0.1) is 5.92 Å². The van der Waals surface area contributed by atoms with Crippen LogP contribution in [0.4, 0.5) is 5.69 Å². The lowest BCUT2D eigenvalue weighted by Crippen LogP contribution is -2.32. The normalized spacial score (nSPS) is 27.6. The molecule has 3 atom stereocenters. The predicted molar refractivity (Wildman–Crippen MR) is 77.8 cm³/mol. The van der Waals surface area contributed by atoms with Gasteiger partial charge in [-0.2, -0.15) is 0 Å². The molecule has 0 spiro atoms. The second-order valence-electron chi connectivity index (χ2n) is 5.41. The highest BCUT2D eigenvalue weighted by molar-refractivity contribution is 9.10. The van der Waals surface area contributed by atoms with Gasteiger partial charge >= 0.3 is 5.97 Å². The fourth-order valence-electron chi connectivity index (χ4n) is 3.13. The van der Waals surface area contributed by atoms with E-state index in [2.05, 4.69) is 26.6 Å². The van der Waals surface area contributed by atoms with Gasteiger partial charge in [-0.25, -0.2) is 4.79 Å². The summed E-state index contributed by atoms with van der Waals surface area (Å²) in [4.78, 5) is 23.3. The van der Waals surface area contributed by atoms with E-state index in [1.165, 1.54) is 12.1 Å². The molecule has 0 aromatic heterocycles. The Balaban J connectivity index is 1.74. The molecule has 3 unspecified atom stereocenters. The summed E-state index contributed by atoms with van der Waals surface area (Å²) in [6.07, 6.45) is 3.06. The van der Waals surface area contributed by atoms with E-state index in [0.29, 0.717) is 16.2 Å². The number of carbonyl (C=O) groups excluding carboxylic acids is 1. The second-order valence-corrected chi connectivity index (χ2v) is 6.33. The van der Waals surface area contributed by atoms with Crippen molar-refractivity contribution < 1.29 is 14.7 Å². The van der Waals surface area contributed by atoms with Gasteiger partial charge in [-0.05, 0) is 37.5 Å². The number of carboxylic acids is 1. The van der Waals surface area contributed by atoms with Crippen LogP contribution in [0.2, 0.25) is 0 Å². The standard InChI is InChI=1S/C14H15BrN2O3/c15-8-3-7(14(19)20)4-10(5-8)17-13(18)11-6-9-1-2-12(11)16-9/h3-5,9,11-12,16H,1-2,6H2,(H,17,18)(H,19,20). The zero-order valence-corrected chi connectivity index (χ0v) is 12.3. The summed E-state index contributed by atoms with van der Waals surface area (Å²) in [5.74, 6) is -1.05. The van der Waals surface area contributed by atoms with Crippen LogP contribution in [0.5, 0.6) is 0 Å². The van der Waals surface area contributed by atoms with E-state index in [9.17, 15) is 9.59 Å². The van der Waals surface area contributed by atoms with Crippen LogP contribution >= 0.6 is 15.9 Å². The van der Waals surface area contributed by atoms with Gasteiger partial charge in [-0.1, -0.05) is 15.9 Å². The number of rotatable bonds is 3. The second kappa shape index (κ2) is 5.18. The molecular weight excluding hydrogens is 324 g/mol. The molecule has 2 saturated heterocycles. The third-order valence-corrected chi connectivity index (χ3v) is 4.51. The van der Waals surface area contributed by atoms with Gasteiger partial charge in [0.25, 0.3) is 0 Å². The lowest BCUT2D eigenvalue weighted by Gasteiger charge is -2.19. The molecule has 3 N–H and O–H groups in total. The van der Waals surface area contributed by atoms with Crippen LogP contribution in [-0.2, 0) is 4.79 Å². The van der Waals surface area contributed by atoms with Crippen LogP contribution in [0.3, 0.4) is 0 Å². The number of aromatic carboxylic acids is 1. The fraction of sp³-hybridized carbons (Fsp3) is 0.429. The Kier molecular flexibility index (Phi) is 3.52. The quantitative estimate of drug-likeness (QED) is 0.789. The van der Waals surface area contributed by atoms with Crippen molar-refractivity contribution in [2.24, 2.45) is 5.92 Å². The molecule has 2 bridgehead atoms. The number of carbonyl (C=O) groups is 2. The summed E-state index contributed by atoms with van der Waals surface area (Å²) in [5, 5.41) is 15.3. The average molecular weight is 339 g/mol. The van der Waals surface area contributed by atoms with Crippen molar-refractivity contribution in [2.45, 2.75) is 31.3 Å². The zero-order chi connectivity index (χ0) is 14.3. The molecule has 2 aliphatic rings. The van der Waals surface area contributed by atoms with Crippen molar-refractivity contribution in [3.05, 3.63) is 28.2 Å². The molecule has 3 rings (SSSR count). The monoisotopic (exact) mass is 338 g/mol. The first-order valence-corrected chi connectivity index (χ1v) is 7.43. The maximum absolute atomic E-state index is 12.3. The van der Waals surface area contributed by atoms with Crippen molar-refractivity contribution in [3.63, 3.8) is 0 Å². The Morgan fingerprint density at radius 3 is 2.70 bits per heavy atom. The van der Waals surface area contributed by atoms with E-state index in [1.807, 2.05) is 0 Å². The third-order valence-electron chi connectivity index (χ3n) is 4.05. The Morgan fingerprint density at radius 2 is 2.10 bits per heavy atom. The number of amides is 1. The number of hydrogen-bond donors (Lipinski definition) is 3. The molecule has 1 aromatic rings. The highest BCUT2D eigenvalue weighted by Crippen LogP contribution is 2.34. The van der Waals surface area contributed by atoms with Crippen molar-refractivity contribution >= 4 is 33.5 Å². The highest BCUT2D eigenvalue weighted by atomic mass is 79.9. The van der Waals surface area contributed by atoms with E-state index >= 15 is 0 Å². The molecule has 0 aliphatic carbocycles. The first kappa shape index (κ1) is 13.6. The van der Waals surface area contributed by atoms with Gasteiger partial charge in [0.05, 0.1) is 11.5 Å². The molecule has 1 aromatic carbocycles. The van der Waals surface area contributed by atoms with E-state index in [4.69, 9.17) is 5.11 Å². The molecule has 2 aliphatic heterocycles. The van der Waals surface area contributed by atoms with Crippen LogP contribution in [0.25, 0.3) is 0 Å². The van der Waals surface area contributed by atoms with E-state index < -0.39 is 5.97 Å². The molecule has 2 heterocycles. The summed E-state index contributed by atoms with van der Waals surface area (Å²) in [6.45, 7) is 0. The Bertz CT molecular complexity index is 576. The summed E-state index contributed by atoms with van der Waals surface area (Å²) >= 11 is 3.26. The Hall–Kier alpha value is -1.40. The fourth-order valence-corrected chi connectivity index (χ4v) is 3.63. The molecule has 0 radical (unpaired) electrons. The number of anilines is 1. The molecule has 1 amide bonds. The molecule has 2 fully saturated rings. The summed E-state index contributed by atoms with van der Waals surface area (Å²) in [7, 11) is 0. The van der Waals surface area contributed by atoms with Gasteiger partial charge in [0, 0.05) is 22.2 Å². The molecule has 5 nitrogen and oxygen atoms in total. The minimum atomic E-state index is -1.01. The van der Waals surface area contributed by atoms with Crippen molar-refractivity contribution in [2.75, 3.05) is 5.32 Å². The number of carboxylic acid groups (broad SMARTS) is 1. The van der Waals surface area contributed by atoms with Crippen LogP contribution < -0.4 is 10.6 Å². The molecule has 0 saturated carbocycles. The lowest BCUT2D eigenvalue weighted by molar-refractivity contribution is -0.120. The van der Waals surface area contributed by atoms with Gasteiger partial charge in [-0.3, -0.25) is 4.79 Å². The van der Waals surface area contributed by atoms with Gasteiger partial charge < -0.3 is 15.7 Å². The third kappa shape index (κ3) is 2.58. The summed E-state index contributed by atoms with van der Waals surface area (Å²) in [6, 6.07) is 5.44. The minimum Gasteiger partial charge on any atom is -0.478 e. The van der Waals surface area contributed by atoms with Crippen LogP contribution in [-0.4, -0.2) is 29.1 Å². The SMILES string of the molecule is O=C(O)c1cc(Br)cc(NC(=O)C2CC3CCC2N3)c1. The number of hydrogen-bond acceptors (Lipinski definition) is 3. The van der Waals surface area contributed by atoms with Crippen molar-refractivity contribution in [1.82, 2.24) is 5.32 Å². The van der Waals surface area contributed by atoms with E-state index in [0.717, 1.165) is 19.3 Å². The Labute approximate surface area is 124 Å². The van der Waals surface area contributed by atoms with Gasteiger partial charge in [0.1, 0.15) is 0 Å². The Morgan fingerprint density at radius 1 is 1.30 bits per heavy atom.